The maximum Gasteiger partial charge on any atom is 0.280 e. The number of hydrazone groups is 1. The lowest BCUT2D eigenvalue weighted by atomic mass is 10.1. The number of hydrogen-bond donors (Lipinski definition) is 0. The Labute approximate surface area is 164 Å². The van der Waals surface area contributed by atoms with Crippen molar-refractivity contribution in [2.75, 3.05) is 5.01 Å². The van der Waals surface area contributed by atoms with Crippen molar-refractivity contribution in [3.8, 4) is 0 Å². The molecule has 1 aliphatic heterocycles. The summed E-state index contributed by atoms with van der Waals surface area (Å²) in [7, 11) is 0. The fourth-order valence-corrected chi connectivity index (χ4v) is 3.30. The quantitative estimate of drug-likeness (QED) is 0.576. The minimum Gasteiger partial charge on any atom is -0.462 e. The number of rotatable bonds is 2. The number of para-hydroxylation sites is 1. The topological polar surface area (TPSA) is 62.9 Å². The first-order valence-corrected chi connectivity index (χ1v) is 8.79. The van der Waals surface area contributed by atoms with E-state index in [1.165, 1.54) is 23.4 Å². The number of carbonyl (C=O) groups is 1. The van der Waals surface area contributed by atoms with Crippen molar-refractivity contribution < 1.29 is 9.21 Å². The Hall–Kier alpha value is -2.89. The molecule has 0 spiro atoms. The van der Waals surface area contributed by atoms with Gasteiger partial charge in [0, 0.05) is 0 Å². The van der Waals surface area contributed by atoms with Gasteiger partial charge in [0.2, 0.25) is 5.43 Å². The van der Waals surface area contributed by atoms with E-state index in [4.69, 9.17) is 27.6 Å². The van der Waals surface area contributed by atoms with Crippen LogP contribution in [0.5, 0.6) is 0 Å². The highest BCUT2D eigenvalue weighted by Crippen LogP contribution is 2.29. The Morgan fingerprint density at radius 3 is 2.48 bits per heavy atom. The van der Waals surface area contributed by atoms with Crippen LogP contribution < -0.4 is 10.4 Å². The van der Waals surface area contributed by atoms with Gasteiger partial charge in [-0.3, -0.25) is 9.59 Å². The number of nitrogens with zero attached hydrogens (tertiary/aromatic N) is 2. The van der Waals surface area contributed by atoms with E-state index >= 15 is 0 Å². The van der Waals surface area contributed by atoms with E-state index in [1.54, 1.807) is 25.1 Å². The fraction of sp³-hybridized carbons (Fsp3) is 0.0500. The lowest BCUT2D eigenvalue weighted by Crippen LogP contribution is -2.21. The Morgan fingerprint density at radius 1 is 1.04 bits per heavy atom. The molecule has 27 heavy (non-hydrogen) atoms. The van der Waals surface area contributed by atoms with Crippen LogP contribution in [-0.2, 0) is 4.79 Å². The fourth-order valence-electron chi connectivity index (χ4n) is 2.86. The average molecular weight is 399 g/mol. The highest BCUT2D eigenvalue weighted by Gasteiger charge is 2.29. The second kappa shape index (κ2) is 6.68. The summed E-state index contributed by atoms with van der Waals surface area (Å²) in [6.45, 7) is 1.71. The molecule has 0 unspecified atom stereocenters. The van der Waals surface area contributed by atoms with Crippen LogP contribution in [-0.4, -0.2) is 11.6 Å². The van der Waals surface area contributed by atoms with Crippen molar-refractivity contribution in [2.45, 2.75) is 6.92 Å². The van der Waals surface area contributed by atoms with Gasteiger partial charge < -0.3 is 4.42 Å². The molecule has 0 aliphatic carbocycles. The van der Waals surface area contributed by atoms with Crippen LogP contribution in [0.25, 0.3) is 17.0 Å². The Kier molecular flexibility index (Phi) is 4.34. The molecule has 0 saturated heterocycles. The molecule has 4 rings (SSSR count). The molecule has 0 bridgehead atoms. The first kappa shape index (κ1) is 17.5. The third-order valence-electron chi connectivity index (χ3n) is 4.21. The van der Waals surface area contributed by atoms with E-state index in [9.17, 15) is 9.59 Å². The van der Waals surface area contributed by atoms with Gasteiger partial charge >= 0.3 is 0 Å². The van der Waals surface area contributed by atoms with Crippen molar-refractivity contribution in [3.05, 3.63) is 80.1 Å². The summed E-state index contributed by atoms with van der Waals surface area (Å²) in [6, 6.07) is 12.1. The molecule has 1 amide bonds. The summed E-state index contributed by atoms with van der Waals surface area (Å²) in [5.41, 5.74) is 1.50. The van der Waals surface area contributed by atoms with Gasteiger partial charge in [0.25, 0.3) is 5.91 Å². The van der Waals surface area contributed by atoms with E-state index < -0.39 is 0 Å². The minimum atomic E-state index is -0.366. The third-order valence-corrected chi connectivity index (χ3v) is 4.83. The molecule has 0 N–H and O–H groups in total. The normalized spacial score (nSPS) is 15.7. The van der Waals surface area contributed by atoms with E-state index in [0.717, 1.165) is 0 Å². The summed E-state index contributed by atoms with van der Waals surface area (Å²) in [6.07, 6.45) is 2.73. The van der Waals surface area contributed by atoms with Gasteiger partial charge in [-0.15, -0.1) is 0 Å². The molecule has 0 fully saturated rings. The molecule has 2 aromatic carbocycles. The maximum absolute atomic E-state index is 12.8. The predicted molar refractivity (Wildman–Crippen MR) is 108 cm³/mol. The predicted octanol–water partition coefficient (Wildman–Crippen LogP) is 4.91. The molecule has 1 aromatic heterocycles. The monoisotopic (exact) mass is 398 g/mol. The van der Waals surface area contributed by atoms with Crippen LogP contribution in [0.3, 0.4) is 0 Å². The van der Waals surface area contributed by atoms with Crippen molar-refractivity contribution in [2.24, 2.45) is 5.10 Å². The minimum absolute atomic E-state index is 0.179. The summed E-state index contributed by atoms with van der Waals surface area (Å²) in [5.74, 6) is -0.324. The Morgan fingerprint density at radius 2 is 1.74 bits per heavy atom. The highest BCUT2D eigenvalue weighted by atomic mass is 35.5. The van der Waals surface area contributed by atoms with E-state index in [-0.39, 0.29) is 37.9 Å². The zero-order chi connectivity index (χ0) is 19.1. The van der Waals surface area contributed by atoms with Gasteiger partial charge in [-0.1, -0.05) is 41.4 Å². The summed E-state index contributed by atoms with van der Waals surface area (Å²) >= 11 is 12.2. The van der Waals surface area contributed by atoms with Crippen LogP contribution in [0, 0.1) is 0 Å². The maximum atomic E-state index is 12.8. The van der Waals surface area contributed by atoms with Crippen LogP contribution in [0.4, 0.5) is 5.69 Å². The molecule has 3 aromatic rings. The van der Waals surface area contributed by atoms with Crippen molar-refractivity contribution >= 4 is 57.6 Å². The van der Waals surface area contributed by atoms with Gasteiger partial charge in [-0.05, 0) is 37.3 Å². The molecular weight excluding hydrogens is 387 g/mol. The SMILES string of the molecule is CC1=NN(c2ccccc2)C(=O)/C1=C\c1coc2c(Cl)ccc(Cl)c2c1=O. The smallest absolute Gasteiger partial charge is 0.280 e. The first-order chi connectivity index (χ1) is 13.0. The van der Waals surface area contributed by atoms with E-state index in [1.807, 2.05) is 18.2 Å². The number of benzene rings is 2. The zero-order valence-corrected chi connectivity index (χ0v) is 15.6. The highest BCUT2D eigenvalue weighted by molar-refractivity contribution is 6.39. The largest absolute Gasteiger partial charge is 0.462 e. The lowest BCUT2D eigenvalue weighted by molar-refractivity contribution is -0.114. The molecule has 1 aliphatic rings. The third kappa shape index (κ3) is 2.95. The number of amides is 1. The molecule has 7 heteroatoms. The van der Waals surface area contributed by atoms with Crippen LogP contribution in [0.1, 0.15) is 12.5 Å². The van der Waals surface area contributed by atoms with Crippen LogP contribution in [0.2, 0.25) is 10.0 Å². The first-order valence-electron chi connectivity index (χ1n) is 8.03. The second-order valence-electron chi connectivity index (χ2n) is 5.95. The van der Waals surface area contributed by atoms with Gasteiger partial charge in [-0.2, -0.15) is 10.1 Å². The summed E-state index contributed by atoms with van der Waals surface area (Å²) in [4.78, 5) is 25.6. The van der Waals surface area contributed by atoms with Crippen molar-refractivity contribution in [3.63, 3.8) is 0 Å². The van der Waals surface area contributed by atoms with E-state index in [2.05, 4.69) is 5.10 Å². The number of fused-ring (bicyclic) bond motifs is 1. The summed E-state index contributed by atoms with van der Waals surface area (Å²) < 4.78 is 5.50. The number of anilines is 1. The van der Waals surface area contributed by atoms with Gasteiger partial charge in [0.1, 0.15) is 6.26 Å². The van der Waals surface area contributed by atoms with Crippen molar-refractivity contribution in [1.29, 1.82) is 0 Å². The van der Waals surface area contributed by atoms with Crippen molar-refractivity contribution in [1.82, 2.24) is 0 Å². The standard InChI is InChI=1S/C20H12Cl2N2O3/c1-11-14(20(26)24(23-11)13-5-3-2-4-6-13)9-12-10-27-19-16(22)8-7-15(21)17(19)18(12)25/h2-10H,1H3/b14-9-. The number of hydrogen-bond acceptors (Lipinski definition) is 4. The van der Waals surface area contributed by atoms with Gasteiger partial charge in [0.05, 0.1) is 38.0 Å². The molecule has 0 radical (unpaired) electrons. The summed E-state index contributed by atoms with van der Waals surface area (Å²) in [5, 5.41) is 6.29. The number of halogens is 2. The molecular formula is C20H12Cl2N2O3. The lowest BCUT2D eigenvalue weighted by Gasteiger charge is -2.11. The Balaban J connectivity index is 1.82. The average Bonchev–Trinajstić information content (AvgIpc) is 2.95. The molecule has 2 heterocycles. The molecule has 0 saturated carbocycles. The number of carbonyl (C=O) groups excluding carboxylic acids is 1. The van der Waals surface area contributed by atoms with Gasteiger partial charge in [-0.25, -0.2) is 0 Å². The van der Waals surface area contributed by atoms with Crippen LogP contribution >= 0.6 is 23.2 Å². The molecule has 5 nitrogen and oxygen atoms in total. The van der Waals surface area contributed by atoms with Crippen LogP contribution in [0.15, 0.2) is 68.6 Å². The van der Waals surface area contributed by atoms with E-state index in [0.29, 0.717) is 17.0 Å². The van der Waals surface area contributed by atoms with Gasteiger partial charge in [0.15, 0.2) is 5.58 Å². The molecule has 134 valence electrons. The zero-order valence-electron chi connectivity index (χ0n) is 14.1. The second-order valence-corrected chi connectivity index (χ2v) is 6.76. The molecule has 0 atom stereocenters. The Bertz CT molecular complexity index is 1200.